The molecule has 3 aromatic carbocycles. The molecule has 8 nitrogen and oxygen atoms in total. The molecule has 0 unspecified atom stereocenters. The van der Waals surface area contributed by atoms with E-state index >= 15 is 0 Å². The van der Waals surface area contributed by atoms with Crippen molar-refractivity contribution in [2.45, 2.75) is 56.7 Å². The van der Waals surface area contributed by atoms with Crippen LogP contribution in [0.4, 0.5) is 0 Å². The highest BCUT2D eigenvalue weighted by molar-refractivity contribution is 7.98. The summed E-state index contributed by atoms with van der Waals surface area (Å²) in [6, 6.07) is 18.6. The Hall–Kier alpha value is -4.21. The van der Waals surface area contributed by atoms with Gasteiger partial charge < -0.3 is 14.4 Å². The average Bonchev–Trinajstić information content (AvgIpc) is 3.63. The van der Waals surface area contributed by atoms with Gasteiger partial charge in [-0.05, 0) is 80.3 Å². The number of benzene rings is 3. The van der Waals surface area contributed by atoms with Crippen LogP contribution in [-0.2, 0) is 39.2 Å². The number of rotatable bonds is 1. The SMILES string of the molecule is Cc1nn2c(c1C)-c1c(Cl)ccc3c(c(C(=O)O)n(C)c13)CCCOc1cc(cc3ccccc13)SCc1cc(nn1C)CCC2. The van der Waals surface area contributed by atoms with Crippen molar-refractivity contribution in [3.63, 3.8) is 0 Å². The predicted molar refractivity (Wildman–Crippen MR) is 184 cm³/mol. The first-order chi connectivity index (χ1) is 22.2. The van der Waals surface area contributed by atoms with Crippen LogP contribution in [0.1, 0.15) is 51.5 Å². The molecular formula is C36H36ClN5O3S. The quantitative estimate of drug-likeness (QED) is 0.193. The van der Waals surface area contributed by atoms with Crippen LogP contribution in [0.15, 0.2) is 59.5 Å². The third-order valence-electron chi connectivity index (χ3n) is 9.12. The molecule has 236 valence electrons. The maximum absolute atomic E-state index is 12.7. The smallest absolute Gasteiger partial charge is 0.352 e. The topological polar surface area (TPSA) is 87.1 Å². The highest BCUT2D eigenvalue weighted by atomic mass is 35.5. The minimum absolute atomic E-state index is 0.274. The monoisotopic (exact) mass is 653 g/mol. The number of halogens is 1. The lowest BCUT2D eigenvalue weighted by atomic mass is 10.00. The third kappa shape index (κ3) is 5.35. The second-order valence-electron chi connectivity index (χ2n) is 12.0. The molecule has 8 bridgehead atoms. The number of hydrogen-bond acceptors (Lipinski definition) is 5. The van der Waals surface area contributed by atoms with Crippen LogP contribution in [0.5, 0.6) is 5.75 Å². The van der Waals surface area contributed by atoms with Crippen LogP contribution >= 0.6 is 23.4 Å². The van der Waals surface area contributed by atoms with E-state index in [1.165, 1.54) is 5.69 Å². The number of thioether (sulfide) groups is 1. The number of carboxylic acids is 1. The summed E-state index contributed by atoms with van der Waals surface area (Å²) in [7, 11) is 3.83. The van der Waals surface area contributed by atoms with Gasteiger partial charge in [-0.1, -0.05) is 41.9 Å². The molecule has 10 heteroatoms. The summed E-state index contributed by atoms with van der Waals surface area (Å²) in [4.78, 5) is 13.9. The van der Waals surface area contributed by atoms with Crippen molar-refractivity contribution in [2.75, 3.05) is 6.61 Å². The molecule has 0 aliphatic carbocycles. The summed E-state index contributed by atoms with van der Waals surface area (Å²) >= 11 is 8.75. The molecule has 0 saturated carbocycles. The molecule has 0 amide bonds. The van der Waals surface area contributed by atoms with Crippen molar-refractivity contribution in [3.05, 3.63) is 93.5 Å². The van der Waals surface area contributed by atoms with E-state index in [0.717, 1.165) is 84.7 Å². The van der Waals surface area contributed by atoms with Gasteiger partial charge in [0, 0.05) is 53.3 Å². The summed E-state index contributed by atoms with van der Waals surface area (Å²) in [5, 5.41) is 23.8. The molecule has 0 saturated heterocycles. The van der Waals surface area contributed by atoms with Gasteiger partial charge >= 0.3 is 5.97 Å². The molecule has 1 aliphatic rings. The lowest BCUT2D eigenvalue weighted by Gasteiger charge is -2.13. The van der Waals surface area contributed by atoms with Gasteiger partial charge in [0.05, 0.1) is 34.2 Å². The number of aromatic nitrogens is 5. The van der Waals surface area contributed by atoms with Crippen molar-refractivity contribution >= 4 is 51.0 Å². The summed E-state index contributed by atoms with van der Waals surface area (Å²) < 4.78 is 12.2. The lowest BCUT2D eigenvalue weighted by Crippen LogP contribution is -2.09. The number of carbonyl (C=O) groups is 1. The van der Waals surface area contributed by atoms with E-state index in [-0.39, 0.29) is 5.69 Å². The van der Waals surface area contributed by atoms with Gasteiger partial charge in [0.2, 0.25) is 0 Å². The van der Waals surface area contributed by atoms with Crippen molar-refractivity contribution in [3.8, 4) is 17.0 Å². The maximum atomic E-state index is 12.7. The van der Waals surface area contributed by atoms with E-state index in [1.807, 2.05) is 54.6 Å². The molecule has 0 fully saturated rings. The van der Waals surface area contributed by atoms with Crippen molar-refractivity contribution in [2.24, 2.45) is 14.1 Å². The predicted octanol–water partition coefficient (Wildman–Crippen LogP) is 8.15. The minimum atomic E-state index is -0.960. The molecule has 6 aromatic rings. The van der Waals surface area contributed by atoms with Crippen LogP contribution in [0, 0.1) is 13.8 Å². The number of nitrogens with zero attached hydrogens (tertiary/aromatic N) is 5. The van der Waals surface area contributed by atoms with Crippen molar-refractivity contribution in [1.82, 2.24) is 24.1 Å². The molecule has 46 heavy (non-hydrogen) atoms. The first kappa shape index (κ1) is 30.4. The molecule has 3 aromatic heterocycles. The number of hydrogen-bond donors (Lipinski definition) is 1. The standard InChI is InChI=1S/C36H36ClN5O3S/c1-21-22(2)38-42-15-7-10-24-18-25(41(4)39-24)20-46-26-17-23-9-5-6-11-27(23)31(19-26)45-16-8-12-28-29-13-14-30(37)32(33(21)42)34(29)40(3)35(28)36(43)44/h5-6,9,11,13-14,17-19H,7-8,10,12,15-16,20H2,1-4H3,(H,43,44). The van der Waals surface area contributed by atoms with E-state index in [1.54, 1.807) is 16.3 Å². The molecule has 0 radical (unpaired) electrons. The van der Waals surface area contributed by atoms with E-state index in [0.29, 0.717) is 31.0 Å². The number of aryl methyl sites for hydroxylation is 6. The van der Waals surface area contributed by atoms with Crippen LogP contribution in [0.2, 0.25) is 5.02 Å². The van der Waals surface area contributed by atoms with Gasteiger partial charge in [0.1, 0.15) is 11.4 Å². The first-order valence-electron chi connectivity index (χ1n) is 15.6. The molecule has 0 spiro atoms. The fraction of sp³-hybridized carbons (Fsp3) is 0.306. The summed E-state index contributed by atoms with van der Waals surface area (Å²) in [5.74, 6) is 0.666. The molecular weight excluding hydrogens is 618 g/mol. The molecule has 4 heterocycles. The molecule has 1 N–H and O–H groups in total. The minimum Gasteiger partial charge on any atom is -0.493 e. The molecule has 1 aliphatic heterocycles. The number of aromatic carboxylic acids is 1. The van der Waals surface area contributed by atoms with E-state index in [9.17, 15) is 9.90 Å². The second-order valence-corrected chi connectivity index (χ2v) is 13.5. The van der Waals surface area contributed by atoms with Gasteiger partial charge in [-0.25, -0.2) is 4.79 Å². The zero-order chi connectivity index (χ0) is 32.1. The van der Waals surface area contributed by atoms with E-state index in [2.05, 4.69) is 37.3 Å². The molecule has 7 rings (SSSR count). The van der Waals surface area contributed by atoms with Crippen LogP contribution in [0.3, 0.4) is 0 Å². The van der Waals surface area contributed by atoms with E-state index < -0.39 is 5.97 Å². The summed E-state index contributed by atoms with van der Waals surface area (Å²) in [6.45, 7) is 5.20. The number of carboxylic acid groups (broad SMARTS) is 1. The Morgan fingerprint density at radius 2 is 1.83 bits per heavy atom. The van der Waals surface area contributed by atoms with Gasteiger partial charge in [-0.15, -0.1) is 11.8 Å². The second kappa shape index (κ2) is 12.2. The van der Waals surface area contributed by atoms with Crippen LogP contribution in [0.25, 0.3) is 32.9 Å². The van der Waals surface area contributed by atoms with E-state index in [4.69, 9.17) is 26.5 Å². The van der Waals surface area contributed by atoms with Crippen LogP contribution < -0.4 is 4.74 Å². The van der Waals surface area contributed by atoms with Gasteiger partial charge in [-0.3, -0.25) is 9.36 Å². The van der Waals surface area contributed by atoms with Crippen molar-refractivity contribution in [1.29, 1.82) is 0 Å². The van der Waals surface area contributed by atoms with Gasteiger partial charge in [-0.2, -0.15) is 10.2 Å². The normalized spacial score (nSPS) is 14.3. The Kier molecular flexibility index (Phi) is 8.07. The number of fused-ring (bicyclic) bond motifs is 8. The van der Waals surface area contributed by atoms with Gasteiger partial charge in [0.15, 0.2) is 0 Å². The highest BCUT2D eigenvalue weighted by Crippen LogP contribution is 2.41. The fourth-order valence-electron chi connectivity index (χ4n) is 6.78. The highest BCUT2D eigenvalue weighted by Gasteiger charge is 2.27. The first-order valence-corrected chi connectivity index (χ1v) is 16.9. The van der Waals surface area contributed by atoms with Gasteiger partial charge in [0.25, 0.3) is 0 Å². The average molecular weight is 654 g/mol. The fourth-order valence-corrected chi connectivity index (χ4v) is 8.01. The lowest BCUT2D eigenvalue weighted by molar-refractivity contribution is 0.0685. The summed E-state index contributed by atoms with van der Waals surface area (Å²) in [6.07, 6.45) is 2.84. The Morgan fingerprint density at radius 3 is 2.65 bits per heavy atom. The zero-order valence-electron chi connectivity index (χ0n) is 26.4. The Morgan fingerprint density at radius 1 is 1.00 bits per heavy atom. The Bertz CT molecular complexity index is 2140. The maximum Gasteiger partial charge on any atom is 0.352 e. The number of ether oxygens (including phenoxy) is 1. The Labute approximate surface area is 276 Å². The Balaban J connectivity index is 1.36. The van der Waals surface area contributed by atoms with Crippen LogP contribution in [-0.4, -0.2) is 41.8 Å². The third-order valence-corrected chi connectivity index (χ3v) is 10.4. The van der Waals surface area contributed by atoms with Crippen molar-refractivity contribution < 1.29 is 14.6 Å². The zero-order valence-corrected chi connectivity index (χ0v) is 28.0. The largest absolute Gasteiger partial charge is 0.493 e. The molecule has 0 atom stereocenters. The summed E-state index contributed by atoms with van der Waals surface area (Å²) in [5.41, 5.74) is 7.79.